The highest BCUT2D eigenvalue weighted by atomic mass is 16.5. The highest BCUT2D eigenvalue weighted by Crippen LogP contribution is 2.21. The Balaban J connectivity index is 2.69. The monoisotopic (exact) mass is 216 g/mol. The molecule has 0 radical (unpaired) electrons. The van der Waals surface area contributed by atoms with Gasteiger partial charge in [0, 0.05) is 11.1 Å². The van der Waals surface area contributed by atoms with Crippen LogP contribution >= 0.6 is 0 Å². The van der Waals surface area contributed by atoms with Crippen molar-refractivity contribution in [3.05, 3.63) is 35.5 Å². The number of benzene rings is 1. The lowest BCUT2D eigenvalue weighted by atomic mass is 10.1. The van der Waals surface area contributed by atoms with Gasteiger partial charge in [0.1, 0.15) is 0 Å². The summed E-state index contributed by atoms with van der Waals surface area (Å²) in [5.41, 5.74) is 8.40. The highest BCUT2D eigenvalue weighted by molar-refractivity contribution is 5.97. The summed E-state index contributed by atoms with van der Waals surface area (Å²) in [6.45, 7) is 1.96. The molecule has 0 saturated carbocycles. The lowest BCUT2D eigenvalue weighted by Gasteiger charge is -2.05. The summed E-state index contributed by atoms with van der Waals surface area (Å²) in [6.07, 6.45) is 0. The Bertz CT molecular complexity index is 564. The Morgan fingerprint density at radius 3 is 2.81 bits per heavy atom. The van der Waals surface area contributed by atoms with E-state index in [9.17, 15) is 4.79 Å². The number of nitrogen functional groups attached to an aromatic ring is 1. The molecule has 0 aliphatic carbocycles. The number of rotatable bonds is 1. The molecule has 1 heterocycles. The molecule has 2 N–H and O–H groups in total. The van der Waals surface area contributed by atoms with Crippen LogP contribution < -0.4 is 5.73 Å². The highest BCUT2D eigenvalue weighted by Gasteiger charge is 2.10. The zero-order valence-corrected chi connectivity index (χ0v) is 9.15. The maximum absolute atomic E-state index is 11.4. The quantitative estimate of drug-likeness (QED) is 0.739. The van der Waals surface area contributed by atoms with E-state index >= 15 is 0 Å². The number of hydrogen-bond donors (Lipinski definition) is 1. The molecule has 0 spiro atoms. The molecular weight excluding hydrogens is 204 g/mol. The van der Waals surface area contributed by atoms with Crippen LogP contribution in [0.25, 0.3) is 10.9 Å². The van der Waals surface area contributed by atoms with Crippen LogP contribution in [0.2, 0.25) is 0 Å². The average molecular weight is 216 g/mol. The molecule has 0 atom stereocenters. The third-order valence-corrected chi connectivity index (χ3v) is 2.39. The predicted octanol–water partition coefficient (Wildman–Crippen LogP) is 1.91. The molecular formula is C12H12N2O2. The van der Waals surface area contributed by atoms with Gasteiger partial charge in [-0.3, -0.25) is 0 Å². The van der Waals surface area contributed by atoms with Gasteiger partial charge in [-0.05, 0) is 24.6 Å². The van der Waals surface area contributed by atoms with Crippen molar-refractivity contribution in [1.82, 2.24) is 4.98 Å². The first-order valence-corrected chi connectivity index (χ1v) is 4.87. The Labute approximate surface area is 93.0 Å². The van der Waals surface area contributed by atoms with Gasteiger partial charge in [-0.1, -0.05) is 12.1 Å². The summed E-state index contributed by atoms with van der Waals surface area (Å²) in [4.78, 5) is 15.6. The molecule has 0 unspecified atom stereocenters. The van der Waals surface area contributed by atoms with Crippen molar-refractivity contribution in [3.8, 4) is 0 Å². The third kappa shape index (κ3) is 1.69. The van der Waals surface area contributed by atoms with Crippen molar-refractivity contribution < 1.29 is 9.53 Å². The van der Waals surface area contributed by atoms with Crippen molar-refractivity contribution in [2.24, 2.45) is 0 Å². The number of carbonyl (C=O) groups excluding carboxylic acids is 1. The zero-order chi connectivity index (χ0) is 11.7. The molecule has 0 bridgehead atoms. The lowest BCUT2D eigenvalue weighted by molar-refractivity contribution is 0.0594. The number of ether oxygens (including phenoxy) is 1. The number of hydrogen-bond acceptors (Lipinski definition) is 4. The van der Waals surface area contributed by atoms with Crippen LogP contribution in [0.1, 0.15) is 16.1 Å². The second kappa shape index (κ2) is 3.81. The number of aromatic nitrogens is 1. The van der Waals surface area contributed by atoms with Gasteiger partial charge >= 0.3 is 5.97 Å². The maximum Gasteiger partial charge on any atom is 0.356 e. The molecule has 0 amide bonds. The number of fused-ring (bicyclic) bond motifs is 1. The molecule has 4 nitrogen and oxygen atoms in total. The van der Waals surface area contributed by atoms with Crippen molar-refractivity contribution in [3.63, 3.8) is 0 Å². The van der Waals surface area contributed by atoms with Gasteiger partial charge in [0.25, 0.3) is 0 Å². The molecule has 2 aromatic rings. The fraction of sp³-hybridized carbons (Fsp3) is 0.167. The topological polar surface area (TPSA) is 65.2 Å². The van der Waals surface area contributed by atoms with E-state index in [4.69, 9.17) is 5.73 Å². The Hall–Kier alpha value is -2.10. The molecule has 1 aromatic carbocycles. The summed E-state index contributed by atoms with van der Waals surface area (Å²) >= 11 is 0. The third-order valence-electron chi connectivity index (χ3n) is 2.39. The second-order valence-corrected chi connectivity index (χ2v) is 3.61. The molecule has 0 aliphatic rings. The molecule has 16 heavy (non-hydrogen) atoms. The van der Waals surface area contributed by atoms with Crippen LogP contribution in [-0.4, -0.2) is 18.1 Å². The number of nitrogens with two attached hydrogens (primary N) is 1. The van der Waals surface area contributed by atoms with Gasteiger partial charge in [-0.15, -0.1) is 0 Å². The molecule has 1 aromatic heterocycles. The number of esters is 1. The molecule has 0 saturated heterocycles. The van der Waals surface area contributed by atoms with E-state index in [0.29, 0.717) is 11.2 Å². The molecule has 4 heteroatoms. The van der Waals surface area contributed by atoms with Gasteiger partial charge in [0.2, 0.25) is 0 Å². The van der Waals surface area contributed by atoms with Crippen molar-refractivity contribution in [1.29, 1.82) is 0 Å². The lowest BCUT2D eigenvalue weighted by Crippen LogP contribution is -2.05. The average Bonchev–Trinajstić information content (AvgIpc) is 2.27. The smallest absolute Gasteiger partial charge is 0.356 e. The van der Waals surface area contributed by atoms with Crippen LogP contribution in [0.15, 0.2) is 24.3 Å². The van der Waals surface area contributed by atoms with Crippen LogP contribution in [0.3, 0.4) is 0 Å². The molecule has 2 rings (SSSR count). The van der Waals surface area contributed by atoms with Crippen LogP contribution in [0.4, 0.5) is 5.69 Å². The van der Waals surface area contributed by atoms with Crippen LogP contribution in [0, 0.1) is 6.92 Å². The van der Waals surface area contributed by atoms with Crippen molar-refractivity contribution in [2.75, 3.05) is 12.8 Å². The summed E-state index contributed by atoms with van der Waals surface area (Å²) < 4.78 is 4.61. The first-order valence-electron chi connectivity index (χ1n) is 4.87. The molecule has 0 fully saturated rings. The summed E-state index contributed by atoms with van der Waals surface area (Å²) in [5.74, 6) is -0.477. The fourth-order valence-corrected chi connectivity index (χ4v) is 1.57. The number of aryl methyl sites for hydroxylation is 1. The normalized spacial score (nSPS) is 10.4. The maximum atomic E-state index is 11.4. The van der Waals surface area contributed by atoms with Gasteiger partial charge in [0.05, 0.1) is 12.6 Å². The molecule has 0 aliphatic heterocycles. The summed E-state index contributed by atoms with van der Waals surface area (Å²) in [7, 11) is 1.32. The van der Waals surface area contributed by atoms with Gasteiger partial charge in [-0.2, -0.15) is 0 Å². The largest absolute Gasteiger partial charge is 0.464 e. The van der Waals surface area contributed by atoms with E-state index < -0.39 is 5.97 Å². The van der Waals surface area contributed by atoms with Gasteiger partial charge in [-0.25, -0.2) is 9.78 Å². The second-order valence-electron chi connectivity index (χ2n) is 3.61. The summed E-state index contributed by atoms with van der Waals surface area (Å²) in [6, 6.07) is 7.27. The fourth-order valence-electron chi connectivity index (χ4n) is 1.57. The van der Waals surface area contributed by atoms with E-state index in [-0.39, 0.29) is 5.69 Å². The number of nitrogens with zero attached hydrogens (tertiary/aromatic N) is 1. The number of anilines is 1. The van der Waals surface area contributed by atoms with Gasteiger partial charge in [0.15, 0.2) is 5.69 Å². The number of methoxy groups -OCH3 is 1. The Morgan fingerprint density at radius 2 is 2.12 bits per heavy atom. The van der Waals surface area contributed by atoms with Crippen molar-refractivity contribution >= 4 is 22.6 Å². The Morgan fingerprint density at radius 1 is 1.38 bits per heavy atom. The first-order chi connectivity index (χ1) is 7.61. The van der Waals surface area contributed by atoms with Crippen LogP contribution in [-0.2, 0) is 4.74 Å². The summed E-state index contributed by atoms with van der Waals surface area (Å²) in [5, 5.41) is 0.846. The minimum Gasteiger partial charge on any atom is -0.464 e. The SMILES string of the molecule is COC(=O)c1cc(N)c2ccc(C)cc2n1. The van der Waals surface area contributed by atoms with Gasteiger partial charge < -0.3 is 10.5 Å². The molecule has 82 valence electrons. The number of carbonyl (C=O) groups is 1. The van der Waals surface area contributed by atoms with Crippen LogP contribution in [0.5, 0.6) is 0 Å². The number of pyridine rings is 1. The standard InChI is InChI=1S/C12H12N2O2/c1-7-3-4-8-9(13)6-11(12(15)16-2)14-10(8)5-7/h3-6H,1-2H3,(H2,13,14). The van der Waals surface area contributed by atoms with E-state index in [1.807, 2.05) is 25.1 Å². The van der Waals surface area contributed by atoms with E-state index in [0.717, 1.165) is 10.9 Å². The van der Waals surface area contributed by atoms with E-state index in [2.05, 4.69) is 9.72 Å². The Kier molecular flexibility index (Phi) is 2.48. The first kappa shape index (κ1) is 10.4. The zero-order valence-electron chi connectivity index (χ0n) is 9.15. The minimum atomic E-state index is -0.477. The van der Waals surface area contributed by atoms with E-state index in [1.165, 1.54) is 13.2 Å². The van der Waals surface area contributed by atoms with Crippen molar-refractivity contribution in [2.45, 2.75) is 6.92 Å². The predicted molar refractivity (Wildman–Crippen MR) is 62.2 cm³/mol. The minimum absolute atomic E-state index is 0.234. The van der Waals surface area contributed by atoms with E-state index in [1.54, 1.807) is 0 Å².